The van der Waals surface area contributed by atoms with Crippen LogP contribution in [0.3, 0.4) is 0 Å². The van der Waals surface area contributed by atoms with Crippen molar-refractivity contribution in [3.05, 3.63) is 60.4 Å². The molecule has 0 atom stereocenters. The molecule has 0 aliphatic heterocycles. The smallest absolute Gasteiger partial charge is 0.224 e. The highest BCUT2D eigenvalue weighted by atomic mass is 16.5. The van der Waals surface area contributed by atoms with E-state index in [4.69, 9.17) is 14.6 Å². The number of hydrogen-bond acceptors (Lipinski definition) is 5. The molecule has 0 aliphatic carbocycles. The van der Waals surface area contributed by atoms with Crippen LogP contribution in [0.4, 0.5) is 5.69 Å². The molecule has 0 aliphatic rings. The molecule has 1 aromatic heterocycles. The largest absolute Gasteiger partial charge is 0.497 e. The minimum absolute atomic E-state index is 0.112. The molecule has 0 saturated heterocycles. The third-order valence-electron chi connectivity index (χ3n) is 4.21. The van der Waals surface area contributed by atoms with Gasteiger partial charge in [0.1, 0.15) is 18.1 Å². The Balaban J connectivity index is 1.68. The molecule has 28 heavy (non-hydrogen) atoms. The molecule has 1 amide bonds. The monoisotopic (exact) mass is 381 g/mol. The standard InChI is InChI=1S/C21H23N3O4/c1-27-18-4-2-3-15(11-18)5-8-21(26)24-19-7-6-16(17-13-22-23-14-17)12-20(19)28-10-9-25/h2-4,6-7,11-14,25H,5,8-10H2,1H3,(H,22,23)(H,24,26). The Morgan fingerprint density at radius 1 is 1.21 bits per heavy atom. The number of amides is 1. The number of carbonyl (C=O) groups is 1. The SMILES string of the molecule is COc1cccc(CCC(=O)Nc2ccc(-c3cn[nH]c3)cc2OCCO)c1. The maximum Gasteiger partial charge on any atom is 0.224 e. The Kier molecular flexibility index (Phi) is 6.64. The Morgan fingerprint density at radius 2 is 2.11 bits per heavy atom. The lowest BCUT2D eigenvalue weighted by Crippen LogP contribution is -2.14. The van der Waals surface area contributed by atoms with Gasteiger partial charge in [-0.05, 0) is 41.8 Å². The number of H-pyrrole nitrogens is 1. The predicted molar refractivity (Wildman–Crippen MR) is 107 cm³/mol. The number of nitrogens with one attached hydrogen (secondary N) is 2. The molecule has 0 radical (unpaired) electrons. The fourth-order valence-electron chi connectivity index (χ4n) is 2.79. The van der Waals surface area contributed by atoms with Gasteiger partial charge in [0.05, 0.1) is 25.6 Å². The van der Waals surface area contributed by atoms with E-state index >= 15 is 0 Å². The third kappa shape index (κ3) is 5.11. The average molecular weight is 381 g/mol. The number of methoxy groups -OCH3 is 1. The molecule has 1 heterocycles. The Labute approximate surface area is 163 Å². The number of rotatable bonds is 9. The van der Waals surface area contributed by atoms with Crippen molar-refractivity contribution in [1.82, 2.24) is 10.2 Å². The maximum absolute atomic E-state index is 12.4. The van der Waals surface area contributed by atoms with Crippen LogP contribution in [0.5, 0.6) is 11.5 Å². The van der Waals surface area contributed by atoms with Gasteiger partial charge in [-0.15, -0.1) is 0 Å². The molecule has 2 aromatic carbocycles. The first-order valence-corrected chi connectivity index (χ1v) is 8.99. The van der Waals surface area contributed by atoms with Crippen molar-refractivity contribution < 1.29 is 19.4 Å². The number of carbonyl (C=O) groups excluding carboxylic acids is 1. The van der Waals surface area contributed by atoms with Gasteiger partial charge in [-0.25, -0.2) is 0 Å². The van der Waals surface area contributed by atoms with E-state index in [1.807, 2.05) is 36.4 Å². The van der Waals surface area contributed by atoms with Crippen molar-refractivity contribution in [3.63, 3.8) is 0 Å². The number of aromatic nitrogens is 2. The van der Waals surface area contributed by atoms with Gasteiger partial charge in [-0.2, -0.15) is 5.10 Å². The number of ether oxygens (including phenoxy) is 2. The maximum atomic E-state index is 12.4. The molecule has 0 saturated carbocycles. The van der Waals surface area contributed by atoms with Gasteiger partial charge >= 0.3 is 0 Å². The summed E-state index contributed by atoms with van der Waals surface area (Å²) in [6.45, 7) is 0.0285. The number of anilines is 1. The molecule has 3 rings (SSSR count). The number of hydrogen-bond donors (Lipinski definition) is 3. The zero-order valence-corrected chi connectivity index (χ0v) is 15.6. The molecular weight excluding hydrogens is 358 g/mol. The molecule has 0 spiro atoms. The first-order valence-electron chi connectivity index (χ1n) is 8.99. The van der Waals surface area contributed by atoms with E-state index in [0.29, 0.717) is 24.3 Å². The lowest BCUT2D eigenvalue weighted by molar-refractivity contribution is -0.116. The average Bonchev–Trinajstić information content (AvgIpc) is 3.26. The molecule has 0 fully saturated rings. The van der Waals surface area contributed by atoms with Crippen LogP contribution >= 0.6 is 0 Å². The predicted octanol–water partition coefficient (Wildman–Crippen LogP) is 3.03. The Bertz CT molecular complexity index is 910. The van der Waals surface area contributed by atoms with E-state index in [9.17, 15) is 4.79 Å². The summed E-state index contributed by atoms with van der Waals surface area (Å²) in [5, 5.41) is 18.7. The summed E-state index contributed by atoms with van der Waals surface area (Å²) in [7, 11) is 1.62. The van der Waals surface area contributed by atoms with E-state index in [1.54, 1.807) is 25.6 Å². The number of aryl methyl sites for hydroxylation is 1. The fraction of sp³-hybridized carbons (Fsp3) is 0.238. The van der Waals surface area contributed by atoms with Crippen molar-refractivity contribution in [3.8, 4) is 22.6 Å². The lowest BCUT2D eigenvalue weighted by atomic mass is 10.1. The molecule has 7 nitrogen and oxygen atoms in total. The van der Waals surface area contributed by atoms with Gasteiger partial charge in [0.25, 0.3) is 0 Å². The fourth-order valence-corrected chi connectivity index (χ4v) is 2.79. The second kappa shape index (κ2) is 9.57. The number of aliphatic hydroxyl groups excluding tert-OH is 1. The molecule has 0 bridgehead atoms. The van der Waals surface area contributed by atoms with E-state index in [2.05, 4.69) is 15.5 Å². The summed E-state index contributed by atoms with van der Waals surface area (Å²) in [5.41, 5.74) is 3.40. The van der Waals surface area contributed by atoms with Crippen LogP contribution in [0.25, 0.3) is 11.1 Å². The van der Waals surface area contributed by atoms with Gasteiger partial charge in [0, 0.05) is 18.2 Å². The van der Waals surface area contributed by atoms with Gasteiger partial charge in [-0.1, -0.05) is 18.2 Å². The highest BCUT2D eigenvalue weighted by molar-refractivity contribution is 5.93. The van der Waals surface area contributed by atoms with E-state index < -0.39 is 0 Å². The van der Waals surface area contributed by atoms with Crippen molar-refractivity contribution in [2.24, 2.45) is 0 Å². The molecule has 7 heteroatoms. The van der Waals surface area contributed by atoms with Gasteiger partial charge in [-0.3, -0.25) is 9.89 Å². The molecule has 146 valence electrons. The molecule has 3 aromatic rings. The van der Waals surface area contributed by atoms with Crippen molar-refractivity contribution in [2.75, 3.05) is 25.6 Å². The highest BCUT2D eigenvalue weighted by Gasteiger charge is 2.11. The van der Waals surface area contributed by atoms with Crippen molar-refractivity contribution >= 4 is 11.6 Å². The van der Waals surface area contributed by atoms with Crippen LogP contribution < -0.4 is 14.8 Å². The van der Waals surface area contributed by atoms with E-state index in [-0.39, 0.29) is 19.1 Å². The third-order valence-corrected chi connectivity index (χ3v) is 4.21. The minimum atomic E-state index is -0.118. The van der Waals surface area contributed by atoms with Gasteiger partial charge in [0.15, 0.2) is 0 Å². The van der Waals surface area contributed by atoms with Crippen LogP contribution in [0.2, 0.25) is 0 Å². The topological polar surface area (TPSA) is 96.5 Å². The van der Waals surface area contributed by atoms with Crippen molar-refractivity contribution in [1.29, 1.82) is 0 Å². The minimum Gasteiger partial charge on any atom is -0.497 e. The molecular formula is C21H23N3O4. The van der Waals surface area contributed by atoms with Crippen molar-refractivity contribution in [2.45, 2.75) is 12.8 Å². The van der Waals surface area contributed by atoms with Crippen LogP contribution in [-0.2, 0) is 11.2 Å². The lowest BCUT2D eigenvalue weighted by Gasteiger charge is -2.13. The normalized spacial score (nSPS) is 10.5. The van der Waals surface area contributed by atoms with Crippen LogP contribution in [0.15, 0.2) is 54.9 Å². The molecule has 3 N–H and O–H groups in total. The second-order valence-corrected chi connectivity index (χ2v) is 6.17. The quantitative estimate of drug-likeness (QED) is 0.529. The first-order chi connectivity index (χ1) is 13.7. The Hall–Kier alpha value is -3.32. The molecule has 0 unspecified atom stereocenters. The highest BCUT2D eigenvalue weighted by Crippen LogP contribution is 2.31. The number of aliphatic hydroxyl groups is 1. The second-order valence-electron chi connectivity index (χ2n) is 6.17. The van der Waals surface area contributed by atoms with E-state index in [1.165, 1.54) is 0 Å². The summed E-state index contributed by atoms with van der Waals surface area (Å²) in [6.07, 6.45) is 4.41. The van der Waals surface area contributed by atoms with Crippen LogP contribution in [0.1, 0.15) is 12.0 Å². The number of aromatic amines is 1. The van der Waals surface area contributed by atoms with Gasteiger partial charge in [0.2, 0.25) is 5.91 Å². The summed E-state index contributed by atoms with van der Waals surface area (Å²) in [5.74, 6) is 1.16. The number of nitrogens with zero attached hydrogens (tertiary/aromatic N) is 1. The Morgan fingerprint density at radius 3 is 2.86 bits per heavy atom. The summed E-state index contributed by atoms with van der Waals surface area (Å²) in [4.78, 5) is 12.4. The van der Waals surface area contributed by atoms with Crippen LogP contribution in [-0.4, -0.2) is 41.5 Å². The summed E-state index contributed by atoms with van der Waals surface area (Å²) < 4.78 is 10.8. The first kappa shape index (κ1) is 19.4. The summed E-state index contributed by atoms with van der Waals surface area (Å²) >= 11 is 0. The van der Waals surface area contributed by atoms with E-state index in [0.717, 1.165) is 22.4 Å². The van der Waals surface area contributed by atoms with Gasteiger partial charge < -0.3 is 19.9 Å². The zero-order valence-electron chi connectivity index (χ0n) is 15.6. The van der Waals surface area contributed by atoms with Crippen LogP contribution in [0, 0.1) is 0 Å². The summed E-state index contributed by atoms with van der Waals surface area (Å²) in [6, 6.07) is 13.1. The number of benzene rings is 2. The zero-order chi connectivity index (χ0) is 19.8.